The van der Waals surface area contributed by atoms with E-state index in [0.29, 0.717) is 33.7 Å². The number of imidazole rings is 1. The summed E-state index contributed by atoms with van der Waals surface area (Å²) in [5.41, 5.74) is 10.4. The Morgan fingerprint density at radius 2 is 1.92 bits per heavy atom. The second-order valence-electron chi connectivity index (χ2n) is 8.11. The van der Waals surface area contributed by atoms with E-state index in [4.69, 9.17) is 21.9 Å². The van der Waals surface area contributed by atoms with Gasteiger partial charge in [0.1, 0.15) is 11.6 Å². The van der Waals surface area contributed by atoms with Crippen molar-refractivity contribution in [2.45, 2.75) is 13.5 Å². The van der Waals surface area contributed by atoms with Crippen molar-refractivity contribution in [1.82, 2.24) is 19.8 Å². The molecule has 0 aliphatic carbocycles. The minimum Gasteiger partial charge on any atom is -0.350 e. The number of aryl methyl sites for hydroxylation is 1. The first-order valence-corrected chi connectivity index (χ1v) is 11.5. The molecule has 0 aliphatic rings. The van der Waals surface area contributed by atoms with Crippen molar-refractivity contribution in [3.05, 3.63) is 82.7 Å². The number of nitrogens with zero attached hydrogens (tertiary/aromatic N) is 4. The lowest BCUT2D eigenvalue weighted by Gasteiger charge is -2.13. The molecule has 188 valence electrons. The van der Waals surface area contributed by atoms with Crippen LogP contribution >= 0.6 is 11.6 Å². The standard InChI is InChI=1S/C25H20ClF2N7O2/c1-13-31-24(34-37-13)23-17(9-16(26)10-19(23)28)14-6-7-15(18(27)8-14)12-30-25-32-20-4-2-3-5-21(20)35(25)33-22(36)11-29/h2-10H,11-12,29H2,1H3,(H,30,32)(H,33,36). The van der Waals surface area contributed by atoms with E-state index in [1.165, 1.54) is 16.8 Å². The number of carbonyl (C=O) groups is 1. The molecule has 2 aromatic heterocycles. The van der Waals surface area contributed by atoms with Gasteiger partial charge in [-0.1, -0.05) is 41.0 Å². The summed E-state index contributed by atoms with van der Waals surface area (Å²) in [6, 6.07) is 14.3. The van der Waals surface area contributed by atoms with Gasteiger partial charge in [-0.15, -0.1) is 0 Å². The Balaban J connectivity index is 1.45. The Morgan fingerprint density at radius 1 is 1.11 bits per heavy atom. The van der Waals surface area contributed by atoms with Crippen LogP contribution in [0.5, 0.6) is 0 Å². The zero-order valence-corrected chi connectivity index (χ0v) is 20.2. The largest absolute Gasteiger partial charge is 0.350 e. The normalized spacial score (nSPS) is 11.2. The van der Waals surface area contributed by atoms with Crippen molar-refractivity contribution in [2.75, 3.05) is 17.3 Å². The van der Waals surface area contributed by atoms with Gasteiger partial charge in [0.25, 0.3) is 5.91 Å². The molecule has 0 atom stereocenters. The predicted molar refractivity (Wildman–Crippen MR) is 135 cm³/mol. The quantitative estimate of drug-likeness (QED) is 0.284. The highest BCUT2D eigenvalue weighted by atomic mass is 35.5. The maximum absolute atomic E-state index is 15.2. The molecule has 2 heterocycles. The third-order valence-electron chi connectivity index (χ3n) is 5.59. The molecule has 1 amide bonds. The van der Waals surface area contributed by atoms with Gasteiger partial charge in [-0.25, -0.2) is 18.4 Å². The number of fused-ring (bicyclic) bond motifs is 1. The van der Waals surface area contributed by atoms with Crippen LogP contribution in [0.4, 0.5) is 14.7 Å². The topological polar surface area (TPSA) is 124 Å². The molecule has 5 aromatic rings. The zero-order chi connectivity index (χ0) is 26.1. The first kappa shape index (κ1) is 24.3. The van der Waals surface area contributed by atoms with Gasteiger partial charge < -0.3 is 15.6 Å². The number of anilines is 1. The van der Waals surface area contributed by atoms with Crippen molar-refractivity contribution < 1.29 is 18.1 Å². The van der Waals surface area contributed by atoms with E-state index < -0.39 is 17.5 Å². The Bertz CT molecular complexity index is 1630. The van der Waals surface area contributed by atoms with Gasteiger partial charge in [-0.2, -0.15) is 4.98 Å². The lowest BCUT2D eigenvalue weighted by molar-refractivity contribution is -0.115. The number of nitrogens with two attached hydrogens (primary N) is 1. The lowest BCUT2D eigenvalue weighted by atomic mass is 9.97. The minimum absolute atomic E-state index is 0.0336. The van der Waals surface area contributed by atoms with E-state index >= 15 is 4.39 Å². The molecule has 0 bridgehead atoms. The highest BCUT2D eigenvalue weighted by Gasteiger charge is 2.20. The number of benzene rings is 3. The molecule has 37 heavy (non-hydrogen) atoms. The van der Waals surface area contributed by atoms with Gasteiger partial charge in [-0.05, 0) is 41.5 Å². The Kier molecular flexibility index (Phi) is 6.55. The number of amides is 1. The van der Waals surface area contributed by atoms with E-state index in [2.05, 4.69) is 25.9 Å². The van der Waals surface area contributed by atoms with Gasteiger partial charge in [0, 0.05) is 24.1 Å². The lowest BCUT2D eigenvalue weighted by Crippen LogP contribution is -2.30. The summed E-state index contributed by atoms with van der Waals surface area (Å²) in [5, 5.41) is 6.99. The summed E-state index contributed by atoms with van der Waals surface area (Å²) in [6.07, 6.45) is 0. The van der Waals surface area contributed by atoms with Crippen LogP contribution in [0, 0.1) is 18.6 Å². The number of aromatic nitrogens is 4. The molecule has 3 aromatic carbocycles. The highest BCUT2D eigenvalue weighted by Crippen LogP contribution is 2.36. The van der Waals surface area contributed by atoms with Crippen molar-refractivity contribution >= 4 is 34.5 Å². The molecule has 0 radical (unpaired) electrons. The second kappa shape index (κ2) is 9.96. The predicted octanol–water partition coefficient (Wildman–Crippen LogP) is 4.63. The van der Waals surface area contributed by atoms with Crippen LogP contribution in [0.15, 0.2) is 59.1 Å². The molecule has 0 spiro atoms. The molecule has 0 unspecified atom stereocenters. The average molecular weight is 524 g/mol. The van der Waals surface area contributed by atoms with E-state index in [0.717, 1.165) is 6.07 Å². The fraction of sp³-hybridized carbons (Fsp3) is 0.120. The highest BCUT2D eigenvalue weighted by molar-refractivity contribution is 6.31. The fourth-order valence-corrected chi connectivity index (χ4v) is 4.09. The molecule has 12 heteroatoms. The van der Waals surface area contributed by atoms with E-state index in [1.807, 2.05) is 6.07 Å². The molecule has 0 fully saturated rings. The number of nitrogens with one attached hydrogen (secondary N) is 2. The van der Waals surface area contributed by atoms with Crippen LogP contribution in [-0.4, -0.2) is 32.3 Å². The van der Waals surface area contributed by atoms with Gasteiger partial charge in [0.05, 0.1) is 23.1 Å². The number of rotatable bonds is 7. The maximum atomic E-state index is 15.2. The molecule has 0 saturated carbocycles. The maximum Gasteiger partial charge on any atom is 0.252 e. The number of carbonyl (C=O) groups excluding carboxylic acids is 1. The third kappa shape index (κ3) is 4.86. The smallest absolute Gasteiger partial charge is 0.252 e. The summed E-state index contributed by atoms with van der Waals surface area (Å²) < 4.78 is 36.5. The monoisotopic (exact) mass is 523 g/mol. The van der Waals surface area contributed by atoms with Crippen molar-refractivity contribution in [2.24, 2.45) is 5.73 Å². The van der Waals surface area contributed by atoms with Gasteiger partial charge in [0.15, 0.2) is 0 Å². The molecule has 0 aliphatic heterocycles. The molecule has 9 nitrogen and oxygen atoms in total. The molecule has 4 N–H and O–H groups in total. The van der Waals surface area contributed by atoms with Gasteiger partial charge >= 0.3 is 0 Å². The molecule has 0 saturated heterocycles. The van der Waals surface area contributed by atoms with Crippen molar-refractivity contribution in [3.63, 3.8) is 0 Å². The number of hydrogen-bond donors (Lipinski definition) is 3. The SMILES string of the molecule is Cc1nc(-c2c(F)cc(Cl)cc2-c2ccc(CNc3nc4ccccc4n3NC(=O)CN)c(F)c2)no1. The molecular formula is C25H20ClF2N7O2. The van der Waals surface area contributed by atoms with Gasteiger partial charge in [0.2, 0.25) is 17.7 Å². The van der Waals surface area contributed by atoms with Gasteiger partial charge in [-0.3, -0.25) is 10.2 Å². The first-order chi connectivity index (χ1) is 17.8. The van der Waals surface area contributed by atoms with Crippen LogP contribution in [0.3, 0.4) is 0 Å². The summed E-state index contributed by atoms with van der Waals surface area (Å²) in [7, 11) is 0. The zero-order valence-electron chi connectivity index (χ0n) is 19.4. The number of para-hydroxylation sites is 2. The van der Waals surface area contributed by atoms with E-state index in [9.17, 15) is 9.18 Å². The van der Waals surface area contributed by atoms with Crippen molar-refractivity contribution in [3.8, 4) is 22.5 Å². The second-order valence-corrected chi connectivity index (χ2v) is 8.54. The molecule has 5 rings (SSSR count). The Labute approximate surface area is 214 Å². The van der Waals surface area contributed by atoms with Crippen LogP contribution in [0.25, 0.3) is 33.5 Å². The van der Waals surface area contributed by atoms with Crippen LogP contribution < -0.4 is 16.5 Å². The van der Waals surface area contributed by atoms with E-state index in [-0.39, 0.29) is 35.4 Å². The van der Waals surface area contributed by atoms with Crippen LogP contribution in [0.1, 0.15) is 11.5 Å². The summed E-state index contributed by atoms with van der Waals surface area (Å²) in [5.74, 6) is -1.02. The minimum atomic E-state index is -0.659. The summed E-state index contributed by atoms with van der Waals surface area (Å²) in [6.45, 7) is 1.42. The Morgan fingerprint density at radius 3 is 2.65 bits per heavy atom. The fourth-order valence-electron chi connectivity index (χ4n) is 3.89. The van der Waals surface area contributed by atoms with Crippen LogP contribution in [-0.2, 0) is 11.3 Å². The summed E-state index contributed by atoms with van der Waals surface area (Å²) in [4.78, 5) is 20.5. The first-order valence-electron chi connectivity index (χ1n) is 11.1. The summed E-state index contributed by atoms with van der Waals surface area (Å²) >= 11 is 6.09. The molecular weight excluding hydrogens is 504 g/mol. The number of halogens is 3. The Hall–Kier alpha value is -4.35. The van der Waals surface area contributed by atoms with E-state index in [1.54, 1.807) is 37.3 Å². The van der Waals surface area contributed by atoms with Crippen LogP contribution in [0.2, 0.25) is 5.02 Å². The number of hydrogen-bond acceptors (Lipinski definition) is 7. The third-order valence-corrected chi connectivity index (χ3v) is 5.81. The average Bonchev–Trinajstić information content (AvgIpc) is 3.45. The van der Waals surface area contributed by atoms with Crippen molar-refractivity contribution in [1.29, 1.82) is 0 Å².